The number of aryl methyl sites for hydroxylation is 3. The molecule has 3 aromatic heterocycles. The molecule has 1 fully saturated rings. The van der Waals surface area contributed by atoms with E-state index in [-0.39, 0.29) is 5.91 Å². The zero-order valence-corrected chi connectivity index (χ0v) is 17.4. The average Bonchev–Trinajstić information content (AvgIpc) is 3.45. The number of hydrogen-bond donors (Lipinski definition) is 1. The molecule has 1 aromatic carbocycles. The summed E-state index contributed by atoms with van der Waals surface area (Å²) in [4.78, 5) is 17.7. The molecule has 1 N–H and O–H groups in total. The molecular formula is C23H24N6O. The van der Waals surface area contributed by atoms with Crippen molar-refractivity contribution in [3.05, 3.63) is 70.8 Å². The molecule has 1 aliphatic carbocycles. The first-order valence-electron chi connectivity index (χ1n) is 10.2. The molecule has 0 bridgehead atoms. The van der Waals surface area contributed by atoms with Gasteiger partial charge in [0.2, 0.25) is 0 Å². The number of nitrogens with one attached hydrogen (secondary N) is 1. The van der Waals surface area contributed by atoms with E-state index >= 15 is 0 Å². The van der Waals surface area contributed by atoms with Crippen molar-refractivity contribution in [1.82, 2.24) is 29.9 Å². The topological polar surface area (TPSA) is 77.6 Å². The highest BCUT2D eigenvalue weighted by molar-refractivity contribution is 6.05. The van der Waals surface area contributed by atoms with Gasteiger partial charge in [0.25, 0.3) is 5.91 Å². The van der Waals surface area contributed by atoms with Gasteiger partial charge in [-0.2, -0.15) is 10.2 Å². The summed E-state index contributed by atoms with van der Waals surface area (Å²) in [5.74, 6) is 0.373. The largest absolute Gasteiger partial charge is 0.348 e. The third-order valence-corrected chi connectivity index (χ3v) is 5.61. The van der Waals surface area contributed by atoms with Gasteiger partial charge in [-0.15, -0.1) is 0 Å². The van der Waals surface area contributed by atoms with E-state index < -0.39 is 0 Å². The molecule has 0 spiro atoms. The monoisotopic (exact) mass is 400 g/mol. The smallest absolute Gasteiger partial charge is 0.252 e. The summed E-state index contributed by atoms with van der Waals surface area (Å²) in [5, 5.41) is 12.6. The van der Waals surface area contributed by atoms with E-state index in [0.717, 1.165) is 52.2 Å². The second-order valence-electron chi connectivity index (χ2n) is 8.06. The Morgan fingerprint density at radius 3 is 2.60 bits per heavy atom. The quantitative estimate of drug-likeness (QED) is 0.555. The second kappa shape index (κ2) is 7.09. The normalized spacial score (nSPS) is 13.7. The van der Waals surface area contributed by atoms with Gasteiger partial charge in [-0.05, 0) is 56.5 Å². The molecule has 30 heavy (non-hydrogen) atoms. The Kier molecular flexibility index (Phi) is 4.38. The molecule has 1 aliphatic rings. The summed E-state index contributed by atoms with van der Waals surface area (Å²) >= 11 is 0. The first-order chi connectivity index (χ1) is 14.5. The molecule has 152 valence electrons. The predicted molar refractivity (Wildman–Crippen MR) is 115 cm³/mol. The summed E-state index contributed by atoms with van der Waals surface area (Å²) in [6, 6.07) is 12.1. The van der Waals surface area contributed by atoms with E-state index in [0.29, 0.717) is 18.0 Å². The van der Waals surface area contributed by atoms with Crippen molar-refractivity contribution in [2.24, 2.45) is 7.05 Å². The lowest BCUT2D eigenvalue weighted by Gasteiger charge is -2.10. The fraction of sp³-hybridized carbons (Fsp3) is 0.304. The van der Waals surface area contributed by atoms with Crippen LogP contribution in [0.2, 0.25) is 0 Å². The molecule has 0 saturated heterocycles. The van der Waals surface area contributed by atoms with Crippen LogP contribution in [0, 0.1) is 13.8 Å². The van der Waals surface area contributed by atoms with E-state index in [9.17, 15) is 4.79 Å². The minimum Gasteiger partial charge on any atom is -0.348 e. The molecule has 0 aliphatic heterocycles. The van der Waals surface area contributed by atoms with Gasteiger partial charge in [0.05, 0.1) is 28.5 Å². The Hall–Kier alpha value is -3.48. The molecule has 0 unspecified atom stereocenters. The number of pyridine rings is 1. The van der Waals surface area contributed by atoms with E-state index in [1.54, 1.807) is 10.9 Å². The molecule has 1 amide bonds. The number of aromatic nitrogens is 5. The maximum Gasteiger partial charge on any atom is 0.252 e. The maximum atomic E-state index is 13.0. The van der Waals surface area contributed by atoms with Gasteiger partial charge >= 0.3 is 0 Å². The van der Waals surface area contributed by atoms with Crippen molar-refractivity contribution in [1.29, 1.82) is 0 Å². The molecule has 7 heteroatoms. The van der Waals surface area contributed by atoms with Gasteiger partial charge in [-0.1, -0.05) is 12.1 Å². The van der Waals surface area contributed by atoms with Crippen LogP contribution in [0.4, 0.5) is 0 Å². The highest BCUT2D eigenvalue weighted by atomic mass is 16.1. The van der Waals surface area contributed by atoms with Gasteiger partial charge in [-0.25, -0.2) is 9.67 Å². The molecule has 1 saturated carbocycles. The molecule has 5 rings (SSSR count). The minimum absolute atomic E-state index is 0.0973. The van der Waals surface area contributed by atoms with Crippen molar-refractivity contribution in [2.45, 2.75) is 39.2 Å². The first kappa shape index (κ1) is 18.5. The van der Waals surface area contributed by atoms with E-state index in [4.69, 9.17) is 4.98 Å². The van der Waals surface area contributed by atoms with Crippen LogP contribution in [-0.4, -0.2) is 30.5 Å². The van der Waals surface area contributed by atoms with E-state index in [1.807, 2.05) is 55.9 Å². The fourth-order valence-electron chi connectivity index (χ4n) is 3.83. The molecule has 0 radical (unpaired) electrons. The van der Waals surface area contributed by atoms with Crippen molar-refractivity contribution in [2.75, 3.05) is 0 Å². The number of rotatable bonds is 5. The third kappa shape index (κ3) is 3.36. The van der Waals surface area contributed by atoms with E-state index in [2.05, 4.69) is 21.6 Å². The molecule has 7 nitrogen and oxygen atoms in total. The van der Waals surface area contributed by atoms with Crippen LogP contribution in [-0.2, 0) is 13.6 Å². The van der Waals surface area contributed by atoms with Crippen molar-refractivity contribution < 1.29 is 4.79 Å². The highest BCUT2D eigenvalue weighted by Gasteiger charge is 2.27. The lowest BCUT2D eigenvalue weighted by atomic mass is 10.1. The average molecular weight is 400 g/mol. The van der Waals surface area contributed by atoms with Crippen LogP contribution in [0.3, 0.4) is 0 Å². The van der Waals surface area contributed by atoms with Gasteiger partial charge < -0.3 is 5.32 Å². The maximum absolute atomic E-state index is 13.0. The first-order valence-corrected chi connectivity index (χ1v) is 10.2. The zero-order valence-electron chi connectivity index (χ0n) is 17.4. The van der Waals surface area contributed by atoms with Gasteiger partial charge in [0, 0.05) is 30.9 Å². The zero-order chi connectivity index (χ0) is 20.8. The van der Waals surface area contributed by atoms with Crippen molar-refractivity contribution in [3.8, 4) is 5.69 Å². The lowest BCUT2D eigenvalue weighted by Crippen LogP contribution is -2.23. The standard InChI is InChI=1S/C23H24N6O/c1-14-10-15(2)29(27-14)18-8-4-16(5-9-18)12-24-23(30)19-11-21(17-6-7-17)26-22-20(19)13-25-28(22)3/h4-5,8-11,13,17H,6-7,12H2,1-3H3,(H,24,30). The Morgan fingerprint density at radius 2 is 1.93 bits per heavy atom. The molecule has 0 atom stereocenters. The Morgan fingerprint density at radius 1 is 1.17 bits per heavy atom. The molecule has 4 aromatic rings. The van der Waals surface area contributed by atoms with Gasteiger partial charge in [0.1, 0.15) is 0 Å². The van der Waals surface area contributed by atoms with Crippen LogP contribution >= 0.6 is 0 Å². The number of benzene rings is 1. The van der Waals surface area contributed by atoms with Crippen LogP contribution in [0.5, 0.6) is 0 Å². The molecule has 3 heterocycles. The predicted octanol–water partition coefficient (Wildman–Crippen LogP) is 3.58. The Balaban J connectivity index is 1.34. The Labute approximate surface area is 174 Å². The van der Waals surface area contributed by atoms with E-state index in [1.165, 1.54) is 0 Å². The Bertz CT molecular complexity index is 1250. The third-order valence-electron chi connectivity index (χ3n) is 5.61. The fourth-order valence-corrected chi connectivity index (χ4v) is 3.83. The second-order valence-corrected chi connectivity index (χ2v) is 8.06. The van der Waals surface area contributed by atoms with Gasteiger partial charge in [0.15, 0.2) is 5.65 Å². The number of carbonyl (C=O) groups excluding carboxylic acids is 1. The number of nitrogens with zero attached hydrogens (tertiary/aromatic N) is 5. The number of hydrogen-bond acceptors (Lipinski definition) is 4. The van der Waals surface area contributed by atoms with Crippen molar-refractivity contribution in [3.63, 3.8) is 0 Å². The highest BCUT2D eigenvalue weighted by Crippen LogP contribution is 2.40. The number of fused-ring (bicyclic) bond motifs is 1. The lowest BCUT2D eigenvalue weighted by molar-refractivity contribution is 0.0952. The summed E-state index contributed by atoms with van der Waals surface area (Å²) in [6.45, 7) is 4.48. The van der Waals surface area contributed by atoms with Crippen LogP contribution in [0.15, 0.2) is 42.6 Å². The molecular weight excluding hydrogens is 376 g/mol. The summed E-state index contributed by atoms with van der Waals surface area (Å²) < 4.78 is 3.66. The number of carbonyl (C=O) groups is 1. The summed E-state index contributed by atoms with van der Waals surface area (Å²) in [5.41, 5.74) is 6.54. The minimum atomic E-state index is -0.0973. The summed E-state index contributed by atoms with van der Waals surface area (Å²) in [6.07, 6.45) is 4.00. The van der Waals surface area contributed by atoms with Crippen LogP contribution < -0.4 is 5.32 Å². The van der Waals surface area contributed by atoms with Crippen LogP contribution in [0.25, 0.3) is 16.7 Å². The summed E-state index contributed by atoms with van der Waals surface area (Å²) in [7, 11) is 1.86. The SMILES string of the molecule is Cc1cc(C)n(-c2ccc(CNC(=O)c3cc(C4CC4)nc4c3cnn4C)cc2)n1. The van der Waals surface area contributed by atoms with Crippen LogP contribution in [0.1, 0.15) is 51.8 Å². The van der Waals surface area contributed by atoms with Crippen molar-refractivity contribution >= 4 is 16.9 Å². The number of amides is 1. The van der Waals surface area contributed by atoms with Gasteiger partial charge in [-0.3, -0.25) is 9.48 Å².